The molecule has 0 aromatic carbocycles. The second-order valence-corrected chi connectivity index (χ2v) is 5.81. The fourth-order valence-electron chi connectivity index (χ4n) is 2.10. The van der Waals surface area contributed by atoms with Crippen LogP contribution in [0.1, 0.15) is 39.5 Å². The van der Waals surface area contributed by atoms with Gasteiger partial charge in [-0.2, -0.15) is 0 Å². The smallest absolute Gasteiger partial charge is 0.315 e. The van der Waals surface area contributed by atoms with Gasteiger partial charge in [0.05, 0.1) is 18.1 Å². The van der Waals surface area contributed by atoms with E-state index in [-0.39, 0.29) is 17.6 Å². The maximum atomic E-state index is 11.6. The lowest BCUT2D eigenvalue weighted by molar-refractivity contribution is -0.139. The molecule has 1 N–H and O–H groups in total. The molecule has 0 saturated heterocycles. The van der Waals surface area contributed by atoms with Gasteiger partial charge in [-0.1, -0.05) is 6.92 Å². The summed E-state index contributed by atoms with van der Waals surface area (Å²) in [5, 5.41) is 3.03. The molecule has 0 radical (unpaired) electrons. The molecule has 0 spiro atoms. The monoisotopic (exact) mass is 273 g/mol. The van der Waals surface area contributed by atoms with E-state index in [1.165, 1.54) is 24.6 Å². The van der Waals surface area contributed by atoms with E-state index in [0.29, 0.717) is 18.4 Å². The van der Waals surface area contributed by atoms with Crippen molar-refractivity contribution in [3.05, 3.63) is 0 Å². The molecule has 104 valence electrons. The second-order valence-electron chi connectivity index (χ2n) is 4.82. The molecule has 1 fully saturated rings. The molecular weight excluding hydrogens is 250 g/mol. The minimum atomic E-state index is -0.248. The van der Waals surface area contributed by atoms with Crippen LogP contribution in [0.3, 0.4) is 0 Å². The zero-order chi connectivity index (χ0) is 13.4. The number of hydrogen-bond acceptors (Lipinski definition) is 4. The lowest BCUT2D eigenvalue weighted by Crippen LogP contribution is -2.38. The molecule has 18 heavy (non-hydrogen) atoms. The Balaban J connectivity index is 2.08. The Morgan fingerprint density at radius 1 is 1.22 bits per heavy atom. The minimum absolute atomic E-state index is 0.0313. The highest BCUT2D eigenvalue weighted by Crippen LogP contribution is 2.23. The molecule has 0 aromatic heterocycles. The van der Waals surface area contributed by atoms with Gasteiger partial charge in [0, 0.05) is 6.04 Å². The molecule has 5 heteroatoms. The van der Waals surface area contributed by atoms with Gasteiger partial charge in [-0.05, 0) is 38.5 Å². The SMILES string of the molecule is CCOC(=O)CSCC(=O)NC1CCC(C)CC1. The average molecular weight is 273 g/mol. The first-order valence-electron chi connectivity index (χ1n) is 6.64. The average Bonchev–Trinajstić information content (AvgIpc) is 2.32. The number of thioether (sulfide) groups is 1. The highest BCUT2D eigenvalue weighted by Gasteiger charge is 2.19. The van der Waals surface area contributed by atoms with Crippen molar-refractivity contribution in [2.75, 3.05) is 18.1 Å². The molecule has 0 unspecified atom stereocenters. The molecule has 0 atom stereocenters. The summed E-state index contributed by atoms with van der Waals surface area (Å²) >= 11 is 1.31. The Hall–Kier alpha value is -0.710. The van der Waals surface area contributed by atoms with Gasteiger partial charge in [0.2, 0.25) is 5.91 Å². The molecule has 1 aliphatic carbocycles. The van der Waals surface area contributed by atoms with Crippen molar-refractivity contribution in [2.24, 2.45) is 5.92 Å². The molecule has 0 aliphatic heterocycles. The van der Waals surface area contributed by atoms with Gasteiger partial charge in [0.1, 0.15) is 0 Å². The Bertz CT molecular complexity index is 275. The summed E-state index contributed by atoms with van der Waals surface area (Å²) in [6, 6.07) is 0.330. The standard InChI is InChI=1S/C13H23NO3S/c1-3-17-13(16)9-18-8-12(15)14-11-6-4-10(2)5-7-11/h10-11H,3-9H2,1-2H3,(H,14,15). The van der Waals surface area contributed by atoms with E-state index >= 15 is 0 Å². The second kappa shape index (κ2) is 8.40. The molecular formula is C13H23NO3S. The summed E-state index contributed by atoms with van der Waals surface area (Å²) in [6.45, 7) is 4.43. The number of nitrogens with one attached hydrogen (secondary N) is 1. The third-order valence-corrected chi connectivity index (χ3v) is 4.05. The number of hydrogen-bond donors (Lipinski definition) is 1. The van der Waals surface area contributed by atoms with E-state index in [2.05, 4.69) is 12.2 Å². The van der Waals surface area contributed by atoms with Crippen LogP contribution in [0.4, 0.5) is 0 Å². The molecule has 0 aromatic rings. The zero-order valence-corrected chi connectivity index (χ0v) is 12.1. The van der Waals surface area contributed by atoms with Crippen LogP contribution in [0.2, 0.25) is 0 Å². The van der Waals surface area contributed by atoms with Crippen molar-refractivity contribution < 1.29 is 14.3 Å². The maximum Gasteiger partial charge on any atom is 0.315 e. The van der Waals surface area contributed by atoms with E-state index in [1.54, 1.807) is 6.92 Å². The van der Waals surface area contributed by atoms with Crippen molar-refractivity contribution in [2.45, 2.75) is 45.6 Å². The quantitative estimate of drug-likeness (QED) is 0.752. The van der Waals surface area contributed by atoms with Crippen LogP contribution < -0.4 is 5.32 Å². The Kier molecular flexibility index (Phi) is 7.16. The lowest BCUT2D eigenvalue weighted by Gasteiger charge is -2.26. The van der Waals surface area contributed by atoms with Crippen LogP contribution in [0.25, 0.3) is 0 Å². The highest BCUT2D eigenvalue weighted by molar-refractivity contribution is 8.00. The number of rotatable bonds is 6. The van der Waals surface area contributed by atoms with Gasteiger partial charge in [-0.25, -0.2) is 0 Å². The van der Waals surface area contributed by atoms with Crippen molar-refractivity contribution >= 4 is 23.6 Å². The fourth-order valence-corrected chi connectivity index (χ4v) is 2.72. The van der Waals surface area contributed by atoms with Crippen molar-refractivity contribution in [1.29, 1.82) is 0 Å². The van der Waals surface area contributed by atoms with Gasteiger partial charge in [0.15, 0.2) is 0 Å². The summed E-state index contributed by atoms with van der Waals surface area (Å²) in [7, 11) is 0. The van der Waals surface area contributed by atoms with Crippen LogP contribution in [0.5, 0.6) is 0 Å². The molecule has 4 nitrogen and oxygen atoms in total. The first-order valence-corrected chi connectivity index (χ1v) is 7.80. The van der Waals surface area contributed by atoms with Crippen LogP contribution >= 0.6 is 11.8 Å². The highest BCUT2D eigenvalue weighted by atomic mass is 32.2. The lowest BCUT2D eigenvalue weighted by atomic mass is 9.87. The molecule has 1 saturated carbocycles. The van der Waals surface area contributed by atoms with E-state index in [1.807, 2.05) is 0 Å². The summed E-state index contributed by atoms with van der Waals surface area (Å²) in [4.78, 5) is 22.7. The van der Waals surface area contributed by atoms with E-state index in [9.17, 15) is 9.59 Å². The number of carbonyl (C=O) groups is 2. The Labute approximate surface area is 113 Å². The normalized spacial score (nSPS) is 23.4. The summed E-state index contributed by atoms with van der Waals surface area (Å²) in [5.41, 5.74) is 0. The van der Waals surface area contributed by atoms with Crippen LogP contribution in [0.15, 0.2) is 0 Å². The predicted octanol–water partition coefficient (Wildman–Crippen LogP) is 1.98. The van der Waals surface area contributed by atoms with Gasteiger partial charge >= 0.3 is 5.97 Å². The van der Waals surface area contributed by atoms with Gasteiger partial charge in [-0.15, -0.1) is 11.8 Å². The molecule has 1 amide bonds. The molecule has 1 aliphatic rings. The summed E-state index contributed by atoms with van der Waals surface area (Å²) in [6.07, 6.45) is 4.55. The molecule has 1 rings (SSSR count). The molecule has 0 bridgehead atoms. The number of amides is 1. The number of esters is 1. The fraction of sp³-hybridized carbons (Fsp3) is 0.846. The number of ether oxygens (including phenoxy) is 1. The maximum absolute atomic E-state index is 11.6. The van der Waals surface area contributed by atoms with Crippen LogP contribution in [0, 0.1) is 5.92 Å². The minimum Gasteiger partial charge on any atom is -0.465 e. The van der Waals surface area contributed by atoms with Crippen molar-refractivity contribution in [3.63, 3.8) is 0 Å². The number of carbonyl (C=O) groups excluding carboxylic acids is 2. The first-order chi connectivity index (χ1) is 8.61. The molecule has 0 heterocycles. The van der Waals surface area contributed by atoms with E-state index in [0.717, 1.165) is 18.8 Å². The largest absolute Gasteiger partial charge is 0.465 e. The van der Waals surface area contributed by atoms with Gasteiger partial charge in [0.25, 0.3) is 0 Å². The first kappa shape index (κ1) is 15.3. The zero-order valence-electron chi connectivity index (χ0n) is 11.2. The van der Waals surface area contributed by atoms with Gasteiger partial charge in [-0.3, -0.25) is 9.59 Å². The van der Waals surface area contributed by atoms with Crippen LogP contribution in [-0.2, 0) is 14.3 Å². The van der Waals surface area contributed by atoms with E-state index in [4.69, 9.17) is 4.74 Å². The Morgan fingerprint density at radius 3 is 2.50 bits per heavy atom. The van der Waals surface area contributed by atoms with Crippen molar-refractivity contribution in [1.82, 2.24) is 5.32 Å². The van der Waals surface area contributed by atoms with Crippen molar-refractivity contribution in [3.8, 4) is 0 Å². The summed E-state index contributed by atoms with van der Waals surface area (Å²) < 4.78 is 4.79. The predicted molar refractivity (Wildman–Crippen MR) is 73.5 cm³/mol. The van der Waals surface area contributed by atoms with Gasteiger partial charge < -0.3 is 10.1 Å². The third-order valence-electron chi connectivity index (χ3n) is 3.14. The topological polar surface area (TPSA) is 55.4 Å². The summed E-state index contributed by atoms with van der Waals surface area (Å²) in [5.74, 6) is 1.16. The van der Waals surface area contributed by atoms with Crippen LogP contribution in [-0.4, -0.2) is 36.0 Å². The van der Waals surface area contributed by atoms with E-state index < -0.39 is 0 Å². The Morgan fingerprint density at radius 2 is 1.89 bits per heavy atom. The third kappa shape index (κ3) is 6.28.